The highest BCUT2D eigenvalue weighted by Gasteiger charge is 2.35. The Kier molecular flexibility index (Phi) is 7.30. The van der Waals surface area contributed by atoms with E-state index in [1.54, 1.807) is 0 Å². The van der Waals surface area contributed by atoms with Gasteiger partial charge in [-0.15, -0.1) is 0 Å². The molecule has 2 rings (SSSR count). The zero-order valence-electron chi connectivity index (χ0n) is 14.1. The smallest absolute Gasteiger partial charge is 0.288 e. The van der Waals surface area contributed by atoms with Gasteiger partial charge >= 0.3 is 0 Å². The molecule has 0 aliphatic heterocycles. The molecule has 0 radical (unpaired) electrons. The number of furan rings is 1. The molecule has 9 nitrogen and oxygen atoms in total. The highest BCUT2D eigenvalue weighted by Crippen LogP contribution is 2.31. The standard InChI is InChI=1S/C15H13Cl3N4O5S/c1-26-10-5-4-8(22(24)25)7-9(10)19-14(28)21-13(15(16,17)18)20-12(23)11-3-2-6-27-11/h2-7,13H,1H3,(H,20,23)(H2,19,21,28)/t13-/m1/s1. The Morgan fingerprint density at radius 2 is 2.04 bits per heavy atom. The first-order valence-corrected chi connectivity index (χ1v) is 8.97. The fourth-order valence-corrected chi connectivity index (χ4v) is 2.56. The molecule has 150 valence electrons. The van der Waals surface area contributed by atoms with Gasteiger partial charge in [-0.2, -0.15) is 0 Å². The second kappa shape index (κ2) is 9.28. The van der Waals surface area contributed by atoms with E-state index in [1.165, 1.54) is 43.7 Å². The monoisotopic (exact) mass is 466 g/mol. The average molecular weight is 468 g/mol. The molecule has 0 saturated carbocycles. The number of hydrogen-bond donors (Lipinski definition) is 3. The Balaban J connectivity index is 2.15. The van der Waals surface area contributed by atoms with Gasteiger partial charge in [0.05, 0.1) is 24.0 Å². The van der Waals surface area contributed by atoms with Crippen LogP contribution in [0.25, 0.3) is 0 Å². The van der Waals surface area contributed by atoms with Gasteiger partial charge in [0.1, 0.15) is 11.9 Å². The highest BCUT2D eigenvalue weighted by atomic mass is 35.6. The average Bonchev–Trinajstić information content (AvgIpc) is 3.14. The number of nitro benzene ring substituents is 1. The number of thiocarbonyl (C=S) groups is 1. The largest absolute Gasteiger partial charge is 0.495 e. The second-order valence-electron chi connectivity index (χ2n) is 5.17. The summed E-state index contributed by atoms with van der Waals surface area (Å²) in [5.41, 5.74) is 0.0183. The summed E-state index contributed by atoms with van der Waals surface area (Å²) in [5.74, 6) is -0.357. The Labute approximate surface area is 179 Å². The molecule has 1 amide bonds. The molecule has 0 unspecified atom stereocenters. The number of alkyl halides is 3. The Morgan fingerprint density at radius 3 is 2.57 bits per heavy atom. The molecule has 0 aliphatic rings. The van der Waals surface area contributed by atoms with Crippen molar-refractivity contribution in [3.8, 4) is 5.75 Å². The number of methoxy groups -OCH3 is 1. The van der Waals surface area contributed by atoms with E-state index in [0.29, 0.717) is 5.75 Å². The van der Waals surface area contributed by atoms with Crippen molar-refractivity contribution >= 4 is 69.4 Å². The molecule has 1 heterocycles. The number of nitrogens with one attached hydrogen (secondary N) is 3. The molecular formula is C15H13Cl3N4O5S. The molecule has 13 heteroatoms. The van der Waals surface area contributed by atoms with E-state index in [9.17, 15) is 14.9 Å². The van der Waals surface area contributed by atoms with Crippen molar-refractivity contribution < 1.29 is 18.9 Å². The predicted octanol–water partition coefficient (Wildman–Crippen LogP) is 3.61. The number of ether oxygens (including phenoxy) is 1. The molecule has 28 heavy (non-hydrogen) atoms. The fraction of sp³-hybridized carbons (Fsp3) is 0.200. The van der Waals surface area contributed by atoms with Crippen molar-refractivity contribution in [2.75, 3.05) is 12.4 Å². The number of nitrogens with zero attached hydrogens (tertiary/aromatic N) is 1. The summed E-state index contributed by atoms with van der Waals surface area (Å²) in [6.45, 7) is 0. The van der Waals surface area contributed by atoms with Crippen LogP contribution in [0.2, 0.25) is 0 Å². The number of anilines is 1. The first-order chi connectivity index (χ1) is 13.1. The lowest BCUT2D eigenvalue weighted by atomic mass is 10.2. The number of nitro groups is 1. The first-order valence-electron chi connectivity index (χ1n) is 7.43. The van der Waals surface area contributed by atoms with Gasteiger partial charge in [-0.25, -0.2) is 0 Å². The van der Waals surface area contributed by atoms with Crippen LogP contribution in [0.3, 0.4) is 0 Å². The maximum absolute atomic E-state index is 12.1. The van der Waals surface area contributed by atoms with Crippen molar-refractivity contribution in [1.29, 1.82) is 0 Å². The summed E-state index contributed by atoms with van der Waals surface area (Å²) >= 11 is 22.8. The number of amides is 1. The van der Waals surface area contributed by atoms with Crippen LogP contribution >= 0.6 is 47.0 Å². The topological polar surface area (TPSA) is 119 Å². The number of carbonyl (C=O) groups excluding carboxylic acids is 1. The van der Waals surface area contributed by atoms with Crippen LogP contribution in [0.5, 0.6) is 5.75 Å². The first kappa shape index (κ1) is 22.0. The van der Waals surface area contributed by atoms with Crippen molar-refractivity contribution in [3.05, 3.63) is 52.5 Å². The number of rotatable bonds is 6. The van der Waals surface area contributed by atoms with Crippen LogP contribution in [0.1, 0.15) is 10.6 Å². The lowest BCUT2D eigenvalue weighted by molar-refractivity contribution is -0.384. The van der Waals surface area contributed by atoms with Gasteiger partial charge in [0.15, 0.2) is 10.9 Å². The predicted molar refractivity (Wildman–Crippen MR) is 109 cm³/mol. The SMILES string of the molecule is COc1ccc([N+](=O)[O-])cc1NC(=S)N[C@@H](NC(=O)c1ccco1)C(Cl)(Cl)Cl. The summed E-state index contributed by atoms with van der Waals surface area (Å²) in [6, 6.07) is 6.84. The molecule has 0 saturated heterocycles. The normalized spacial score (nSPS) is 12.0. The maximum Gasteiger partial charge on any atom is 0.288 e. The Bertz CT molecular complexity index is 873. The van der Waals surface area contributed by atoms with Gasteiger partial charge in [0, 0.05) is 12.1 Å². The number of halogens is 3. The summed E-state index contributed by atoms with van der Waals surface area (Å²) in [4.78, 5) is 22.5. The van der Waals surface area contributed by atoms with Crippen LogP contribution in [0.15, 0.2) is 41.0 Å². The molecule has 2 aromatic rings. The summed E-state index contributed by atoms with van der Waals surface area (Å²) in [6.07, 6.45) is 0.0628. The van der Waals surface area contributed by atoms with E-state index in [-0.39, 0.29) is 22.2 Å². The van der Waals surface area contributed by atoms with Crippen LogP contribution in [0.4, 0.5) is 11.4 Å². The lowest BCUT2D eigenvalue weighted by Gasteiger charge is -2.27. The molecule has 1 aromatic heterocycles. The number of benzene rings is 1. The summed E-state index contributed by atoms with van der Waals surface area (Å²) in [7, 11) is 1.39. The van der Waals surface area contributed by atoms with E-state index in [1.807, 2.05) is 0 Å². The van der Waals surface area contributed by atoms with Gasteiger partial charge in [-0.1, -0.05) is 34.8 Å². The number of hydrogen-bond acceptors (Lipinski definition) is 6. The van der Waals surface area contributed by atoms with E-state index in [0.717, 1.165) is 0 Å². The fourth-order valence-electron chi connectivity index (χ4n) is 2.01. The van der Waals surface area contributed by atoms with Crippen LogP contribution in [0, 0.1) is 10.1 Å². The minimum Gasteiger partial charge on any atom is -0.495 e. The van der Waals surface area contributed by atoms with Crippen LogP contribution < -0.4 is 20.7 Å². The molecule has 0 fully saturated rings. The van der Waals surface area contributed by atoms with Gasteiger partial charge in [0.2, 0.25) is 3.79 Å². The van der Waals surface area contributed by atoms with Crippen molar-refractivity contribution in [2.24, 2.45) is 0 Å². The van der Waals surface area contributed by atoms with Gasteiger partial charge in [-0.3, -0.25) is 14.9 Å². The van der Waals surface area contributed by atoms with E-state index >= 15 is 0 Å². The van der Waals surface area contributed by atoms with Gasteiger partial charge in [0.25, 0.3) is 11.6 Å². The Hall–Kier alpha value is -2.27. The third-order valence-electron chi connectivity index (χ3n) is 3.27. The molecule has 0 aliphatic carbocycles. The minimum atomic E-state index is -1.99. The lowest BCUT2D eigenvalue weighted by Crippen LogP contribution is -2.56. The number of non-ortho nitro benzene ring substituents is 1. The van der Waals surface area contributed by atoms with Gasteiger partial charge in [-0.05, 0) is 30.4 Å². The summed E-state index contributed by atoms with van der Waals surface area (Å²) < 4.78 is 8.13. The maximum atomic E-state index is 12.1. The summed E-state index contributed by atoms with van der Waals surface area (Å²) in [5, 5.41) is 18.6. The van der Waals surface area contributed by atoms with Crippen molar-refractivity contribution in [1.82, 2.24) is 10.6 Å². The molecule has 0 spiro atoms. The van der Waals surface area contributed by atoms with E-state index in [4.69, 9.17) is 56.2 Å². The zero-order valence-corrected chi connectivity index (χ0v) is 17.2. The number of carbonyl (C=O) groups is 1. The third-order valence-corrected chi connectivity index (χ3v) is 4.14. The van der Waals surface area contributed by atoms with Crippen molar-refractivity contribution in [2.45, 2.75) is 9.96 Å². The zero-order chi connectivity index (χ0) is 20.9. The van der Waals surface area contributed by atoms with Crippen LogP contribution in [-0.4, -0.2) is 33.0 Å². The van der Waals surface area contributed by atoms with E-state index in [2.05, 4.69) is 16.0 Å². The quantitative estimate of drug-likeness (QED) is 0.194. The molecule has 1 aromatic carbocycles. The highest BCUT2D eigenvalue weighted by molar-refractivity contribution is 7.80. The van der Waals surface area contributed by atoms with Crippen LogP contribution in [-0.2, 0) is 0 Å². The molecular weight excluding hydrogens is 455 g/mol. The van der Waals surface area contributed by atoms with Gasteiger partial charge < -0.3 is 25.1 Å². The second-order valence-corrected chi connectivity index (χ2v) is 7.94. The van der Waals surface area contributed by atoms with Crippen molar-refractivity contribution in [3.63, 3.8) is 0 Å². The molecule has 3 N–H and O–H groups in total. The third kappa shape index (κ3) is 5.86. The Morgan fingerprint density at radius 1 is 1.32 bits per heavy atom. The minimum absolute atomic E-state index is 0.000260. The molecule has 0 bridgehead atoms. The molecule has 1 atom stereocenters. The van der Waals surface area contributed by atoms with E-state index < -0.39 is 20.8 Å².